The summed E-state index contributed by atoms with van der Waals surface area (Å²) in [5.74, 6) is 0.117. The summed E-state index contributed by atoms with van der Waals surface area (Å²) in [7, 11) is 0. The molecule has 0 fully saturated rings. The van der Waals surface area contributed by atoms with Gasteiger partial charge in [0, 0.05) is 18.0 Å². The number of fused-ring (bicyclic) bond motifs is 1. The first-order chi connectivity index (χ1) is 9.74. The highest BCUT2D eigenvalue weighted by Crippen LogP contribution is 2.21. The molecule has 0 spiro atoms. The molecule has 114 valence electrons. The second-order valence-electron chi connectivity index (χ2n) is 6.89. The van der Waals surface area contributed by atoms with E-state index in [0.717, 1.165) is 23.0 Å². The number of nitrogens with two attached hydrogens (primary N) is 1. The van der Waals surface area contributed by atoms with Crippen LogP contribution in [0.25, 0.3) is 11.0 Å². The van der Waals surface area contributed by atoms with Crippen LogP contribution in [0.15, 0.2) is 28.7 Å². The van der Waals surface area contributed by atoms with Gasteiger partial charge < -0.3 is 15.5 Å². The molecular weight excluding hydrogens is 264 g/mol. The maximum atomic E-state index is 12.1. The molecule has 0 bridgehead atoms. The molecule has 0 saturated heterocycles. The van der Waals surface area contributed by atoms with Crippen molar-refractivity contribution in [2.45, 2.75) is 40.2 Å². The second-order valence-corrected chi connectivity index (χ2v) is 6.89. The minimum atomic E-state index is -0.215. The fourth-order valence-corrected chi connectivity index (χ4v) is 2.44. The summed E-state index contributed by atoms with van der Waals surface area (Å²) in [5.41, 5.74) is 8.06. The van der Waals surface area contributed by atoms with E-state index in [0.29, 0.717) is 12.3 Å². The number of carbonyl (C=O) groups is 1. The lowest BCUT2D eigenvalue weighted by atomic mass is 9.88. The number of furan rings is 1. The van der Waals surface area contributed by atoms with Gasteiger partial charge in [0.1, 0.15) is 5.58 Å². The van der Waals surface area contributed by atoms with Crippen LogP contribution in [0.4, 0.5) is 0 Å². The fraction of sp³-hybridized carbons (Fsp3) is 0.471. The smallest absolute Gasteiger partial charge is 0.287 e. The summed E-state index contributed by atoms with van der Waals surface area (Å²) < 4.78 is 5.57. The zero-order valence-corrected chi connectivity index (χ0v) is 13.2. The van der Waals surface area contributed by atoms with Gasteiger partial charge in [-0.05, 0) is 37.0 Å². The van der Waals surface area contributed by atoms with Gasteiger partial charge in [0.15, 0.2) is 5.76 Å². The van der Waals surface area contributed by atoms with Crippen molar-refractivity contribution >= 4 is 16.9 Å². The number of aryl methyl sites for hydroxylation is 1. The number of rotatable bonds is 4. The molecule has 2 rings (SSSR count). The molecule has 3 N–H and O–H groups in total. The van der Waals surface area contributed by atoms with Crippen LogP contribution in [0, 0.1) is 12.3 Å². The highest BCUT2D eigenvalue weighted by molar-refractivity contribution is 5.96. The van der Waals surface area contributed by atoms with E-state index in [9.17, 15) is 4.79 Å². The van der Waals surface area contributed by atoms with E-state index in [4.69, 9.17) is 10.2 Å². The third-order valence-corrected chi connectivity index (χ3v) is 3.29. The zero-order chi connectivity index (χ0) is 15.6. The van der Waals surface area contributed by atoms with Gasteiger partial charge in [-0.25, -0.2) is 0 Å². The quantitative estimate of drug-likeness (QED) is 0.907. The SMILES string of the molecule is Cc1ccc2oc(C(=O)NCC(N)CC(C)(C)C)cc2c1. The van der Waals surface area contributed by atoms with Gasteiger partial charge in [-0.15, -0.1) is 0 Å². The van der Waals surface area contributed by atoms with Crippen LogP contribution < -0.4 is 11.1 Å². The third kappa shape index (κ3) is 4.33. The van der Waals surface area contributed by atoms with E-state index in [-0.39, 0.29) is 17.4 Å². The van der Waals surface area contributed by atoms with Gasteiger partial charge in [0.2, 0.25) is 0 Å². The Morgan fingerprint density at radius 3 is 2.71 bits per heavy atom. The average Bonchev–Trinajstić information content (AvgIpc) is 2.76. The number of benzene rings is 1. The number of nitrogens with one attached hydrogen (secondary N) is 1. The Bertz CT molecular complexity index is 638. The van der Waals surface area contributed by atoms with Crippen LogP contribution >= 0.6 is 0 Å². The summed E-state index contributed by atoms with van der Waals surface area (Å²) in [5, 5.41) is 3.78. The first kappa shape index (κ1) is 15.6. The molecule has 1 atom stereocenters. The Labute approximate surface area is 125 Å². The first-order valence-corrected chi connectivity index (χ1v) is 7.28. The van der Waals surface area contributed by atoms with Crippen LogP contribution in [0.3, 0.4) is 0 Å². The van der Waals surface area contributed by atoms with E-state index in [2.05, 4.69) is 26.1 Å². The molecule has 0 saturated carbocycles. The predicted molar refractivity (Wildman–Crippen MR) is 85.3 cm³/mol. The van der Waals surface area contributed by atoms with Gasteiger partial charge in [-0.2, -0.15) is 0 Å². The second kappa shape index (κ2) is 5.90. The van der Waals surface area contributed by atoms with Crippen molar-refractivity contribution < 1.29 is 9.21 Å². The van der Waals surface area contributed by atoms with Crippen LogP contribution in [0.1, 0.15) is 43.3 Å². The van der Waals surface area contributed by atoms with Gasteiger partial charge >= 0.3 is 0 Å². The first-order valence-electron chi connectivity index (χ1n) is 7.28. The standard InChI is InChI=1S/C17H24N2O2/c1-11-5-6-14-12(7-11)8-15(21-14)16(20)19-10-13(18)9-17(2,3)4/h5-8,13H,9-10,18H2,1-4H3,(H,19,20). The largest absolute Gasteiger partial charge is 0.451 e. The Kier molecular flexibility index (Phi) is 4.37. The molecule has 0 aliphatic carbocycles. The van der Waals surface area contributed by atoms with Gasteiger partial charge in [0.25, 0.3) is 5.91 Å². The van der Waals surface area contributed by atoms with Crippen LogP contribution in [-0.2, 0) is 0 Å². The number of hydrogen-bond donors (Lipinski definition) is 2. The minimum absolute atomic E-state index is 0.0550. The van der Waals surface area contributed by atoms with E-state index in [1.807, 2.05) is 25.1 Å². The molecule has 1 amide bonds. The lowest BCUT2D eigenvalue weighted by Crippen LogP contribution is -2.39. The van der Waals surface area contributed by atoms with Crippen molar-refractivity contribution in [1.82, 2.24) is 5.32 Å². The Morgan fingerprint density at radius 1 is 1.33 bits per heavy atom. The van der Waals surface area contributed by atoms with E-state index >= 15 is 0 Å². The summed E-state index contributed by atoms with van der Waals surface area (Å²) in [6.45, 7) is 8.87. The summed E-state index contributed by atoms with van der Waals surface area (Å²) in [6, 6.07) is 7.56. The van der Waals surface area contributed by atoms with Gasteiger partial charge in [-0.3, -0.25) is 4.79 Å². The summed E-state index contributed by atoms with van der Waals surface area (Å²) in [6.07, 6.45) is 0.854. The van der Waals surface area contributed by atoms with Crippen molar-refractivity contribution in [3.8, 4) is 0 Å². The molecular formula is C17H24N2O2. The van der Waals surface area contributed by atoms with E-state index in [1.165, 1.54) is 0 Å². The molecule has 1 aromatic carbocycles. The Hall–Kier alpha value is -1.81. The number of carbonyl (C=O) groups excluding carboxylic acids is 1. The molecule has 4 heteroatoms. The molecule has 1 aromatic heterocycles. The molecule has 0 aliphatic rings. The van der Waals surface area contributed by atoms with Gasteiger partial charge in [0.05, 0.1) is 0 Å². The summed E-state index contributed by atoms with van der Waals surface area (Å²) >= 11 is 0. The highest BCUT2D eigenvalue weighted by atomic mass is 16.3. The molecule has 2 aromatic rings. The summed E-state index contributed by atoms with van der Waals surface area (Å²) in [4.78, 5) is 12.1. The number of amides is 1. The lowest BCUT2D eigenvalue weighted by Gasteiger charge is -2.23. The van der Waals surface area contributed by atoms with Crippen LogP contribution in [-0.4, -0.2) is 18.5 Å². The molecule has 21 heavy (non-hydrogen) atoms. The number of hydrogen-bond acceptors (Lipinski definition) is 3. The minimum Gasteiger partial charge on any atom is -0.451 e. The molecule has 0 radical (unpaired) electrons. The zero-order valence-electron chi connectivity index (χ0n) is 13.2. The molecule has 0 aliphatic heterocycles. The van der Waals surface area contributed by atoms with Crippen molar-refractivity contribution in [2.24, 2.45) is 11.1 Å². The van der Waals surface area contributed by atoms with Crippen LogP contribution in [0.2, 0.25) is 0 Å². The van der Waals surface area contributed by atoms with E-state index < -0.39 is 0 Å². The molecule has 1 heterocycles. The predicted octanol–water partition coefficient (Wildman–Crippen LogP) is 3.23. The third-order valence-electron chi connectivity index (χ3n) is 3.29. The van der Waals surface area contributed by atoms with Gasteiger partial charge in [-0.1, -0.05) is 32.4 Å². The van der Waals surface area contributed by atoms with Crippen molar-refractivity contribution in [3.63, 3.8) is 0 Å². The topological polar surface area (TPSA) is 68.3 Å². The Balaban J connectivity index is 1.99. The molecule has 1 unspecified atom stereocenters. The van der Waals surface area contributed by atoms with Crippen LogP contribution in [0.5, 0.6) is 0 Å². The van der Waals surface area contributed by atoms with Crippen molar-refractivity contribution in [2.75, 3.05) is 6.54 Å². The molecule has 4 nitrogen and oxygen atoms in total. The van der Waals surface area contributed by atoms with Crippen molar-refractivity contribution in [1.29, 1.82) is 0 Å². The highest BCUT2D eigenvalue weighted by Gasteiger charge is 2.17. The maximum Gasteiger partial charge on any atom is 0.287 e. The Morgan fingerprint density at radius 2 is 2.05 bits per heavy atom. The normalized spacial score (nSPS) is 13.4. The maximum absolute atomic E-state index is 12.1. The fourth-order valence-electron chi connectivity index (χ4n) is 2.44. The monoisotopic (exact) mass is 288 g/mol. The van der Waals surface area contributed by atoms with Crippen molar-refractivity contribution in [3.05, 3.63) is 35.6 Å². The average molecular weight is 288 g/mol. The lowest BCUT2D eigenvalue weighted by molar-refractivity contribution is 0.0923. The van der Waals surface area contributed by atoms with E-state index in [1.54, 1.807) is 6.07 Å².